The van der Waals surface area contributed by atoms with Crippen LogP contribution in [0.5, 0.6) is 0 Å². The Morgan fingerprint density at radius 3 is 2.61 bits per heavy atom. The second kappa shape index (κ2) is 6.26. The van der Waals surface area contributed by atoms with Crippen LogP contribution in [-0.4, -0.2) is 46.5 Å². The fourth-order valence-electron chi connectivity index (χ4n) is 2.12. The van der Waals surface area contributed by atoms with E-state index in [0.717, 1.165) is 5.56 Å². The van der Waals surface area contributed by atoms with Crippen LogP contribution in [0.1, 0.15) is 12.0 Å². The molecule has 0 aromatic heterocycles. The minimum Gasteiger partial charge on any atom is -0.394 e. The van der Waals surface area contributed by atoms with E-state index in [4.69, 9.17) is 4.74 Å². The van der Waals surface area contributed by atoms with E-state index in [1.54, 1.807) is 0 Å². The monoisotopic (exact) mass is 253 g/mol. The molecule has 4 unspecified atom stereocenters. The zero-order valence-corrected chi connectivity index (χ0v) is 10.1. The number of hydrogen-bond acceptors (Lipinski definition) is 5. The summed E-state index contributed by atoms with van der Waals surface area (Å²) in [4.78, 5) is 0. The second-order valence-corrected chi connectivity index (χ2v) is 4.52. The molecule has 0 amide bonds. The van der Waals surface area contributed by atoms with Crippen molar-refractivity contribution in [2.45, 2.75) is 37.5 Å². The molecule has 2 rings (SSSR count). The van der Waals surface area contributed by atoms with Gasteiger partial charge in [0.2, 0.25) is 0 Å². The van der Waals surface area contributed by atoms with E-state index in [2.05, 4.69) is 5.32 Å². The molecular formula is C13H19NO4. The summed E-state index contributed by atoms with van der Waals surface area (Å²) in [7, 11) is 0. The number of nitrogens with one attached hydrogen (secondary N) is 1. The Morgan fingerprint density at radius 1 is 1.22 bits per heavy atom. The molecule has 1 aliphatic heterocycles. The maximum atomic E-state index is 9.56. The van der Waals surface area contributed by atoms with E-state index in [1.165, 1.54) is 0 Å². The Bertz CT molecular complexity index is 359. The first kappa shape index (κ1) is 13.5. The van der Waals surface area contributed by atoms with Crippen molar-refractivity contribution in [2.24, 2.45) is 0 Å². The number of rotatable bonds is 4. The van der Waals surface area contributed by atoms with Crippen molar-refractivity contribution in [3.05, 3.63) is 35.9 Å². The van der Waals surface area contributed by atoms with E-state index >= 15 is 0 Å². The average Bonchev–Trinajstić information content (AvgIpc) is 2.41. The summed E-state index contributed by atoms with van der Waals surface area (Å²) in [5.74, 6) is 0. The van der Waals surface area contributed by atoms with Crippen LogP contribution in [0.4, 0.5) is 0 Å². The highest BCUT2D eigenvalue weighted by Gasteiger charge is 2.35. The van der Waals surface area contributed by atoms with Crippen molar-refractivity contribution in [1.82, 2.24) is 5.32 Å². The van der Waals surface area contributed by atoms with Crippen molar-refractivity contribution in [3.63, 3.8) is 0 Å². The van der Waals surface area contributed by atoms with Crippen LogP contribution < -0.4 is 5.32 Å². The standard InChI is InChI=1S/C13H19NO4/c15-8-12-10(6-11(16)13(17)18-12)14-7-9-4-2-1-3-5-9/h1-5,10-17H,6-8H2. The van der Waals surface area contributed by atoms with Gasteiger partial charge in [-0.05, 0) is 12.0 Å². The quantitative estimate of drug-likeness (QED) is 0.587. The van der Waals surface area contributed by atoms with Crippen LogP contribution in [-0.2, 0) is 11.3 Å². The van der Waals surface area contributed by atoms with Crippen LogP contribution in [0.15, 0.2) is 30.3 Å². The van der Waals surface area contributed by atoms with Gasteiger partial charge in [-0.3, -0.25) is 0 Å². The predicted octanol–water partition coefficient (Wildman–Crippen LogP) is -0.395. The highest BCUT2D eigenvalue weighted by molar-refractivity contribution is 5.14. The van der Waals surface area contributed by atoms with Crippen LogP contribution in [0.2, 0.25) is 0 Å². The second-order valence-electron chi connectivity index (χ2n) is 4.52. The Kier molecular flexibility index (Phi) is 4.68. The molecule has 0 radical (unpaired) electrons. The molecule has 5 heteroatoms. The third-order valence-electron chi connectivity index (χ3n) is 3.18. The Hall–Kier alpha value is -0.980. The van der Waals surface area contributed by atoms with Crippen molar-refractivity contribution < 1.29 is 20.1 Å². The molecule has 1 heterocycles. The van der Waals surface area contributed by atoms with Crippen LogP contribution >= 0.6 is 0 Å². The summed E-state index contributed by atoms with van der Waals surface area (Å²) in [6.07, 6.45) is -2.26. The van der Waals surface area contributed by atoms with Crippen molar-refractivity contribution in [2.75, 3.05) is 6.61 Å². The van der Waals surface area contributed by atoms with Gasteiger partial charge in [-0.25, -0.2) is 0 Å². The minimum absolute atomic E-state index is 0.173. The molecule has 1 saturated heterocycles. The van der Waals surface area contributed by atoms with E-state index in [1.807, 2.05) is 30.3 Å². The third kappa shape index (κ3) is 3.28. The lowest BCUT2D eigenvalue weighted by atomic mass is 9.99. The fourth-order valence-corrected chi connectivity index (χ4v) is 2.12. The first-order valence-electron chi connectivity index (χ1n) is 6.10. The number of hydrogen-bond donors (Lipinski definition) is 4. The number of ether oxygens (including phenoxy) is 1. The van der Waals surface area contributed by atoms with Crippen molar-refractivity contribution >= 4 is 0 Å². The normalized spacial score (nSPS) is 32.4. The van der Waals surface area contributed by atoms with E-state index in [9.17, 15) is 15.3 Å². The molecular weight excluding hydrogens is 234 g/mol. The van der Waals surface area contributed by atoms with Gasteiger partial charge in [0.1, 0.15) is 6.10 Å². The zero-order valence-electron chi connectivity index (χ0n) is 10.1. The zero-order chi connectivity index (χ0) is 13.0. The summed E-state index contributed by atoms with van der Waals surface area (Å²) in [6, 6.07) is 9.68. The number of aliphatic hydroxyl groups is 3. The van der Waals surface area contributed by atoms with Gasteiger partial charge in [-0.1, -0.05) is 30.3 Å². The summed E-state index contributed by atoms with van der Waals surface area (Å²) >= 11 is 0. The lowest BCUT2D eigenvalue weighted by molar-refractivity contribution is -0.230. The molecule has 18 heavy (non-hydrogen) atoms. The molecule has 0 spiro atoms. The van der Waals surface area contributed by atoms with E-state index < -0.39 is 18.5 Å². The van der Waals surface area contributed by atoms with Gasteiger partial charge in [-0.15, -0.1) is 0 Å². The minimum atomic E-state index is -1.21. The van der Waals surface area contributed by atoms with Crippen LogP contribution in [0.3, 0.4) is 0 Å². The maximum absolute atomic E-state index is 9.56. The lowest BCUT2D eigenvalue weighted by Crippen LogP contribution is -2.54. The van der Waals surface area contributed by atoms with Crippen molar-refractivity contribution in [3.8, 4) is 0 Å². The van der Waals surface area contributed by atoms with Gasteiger partial charge in [0.15, 0.2) is 6.29 Å². The SMILES string of the molecule is OCC1OC(O)C(O)CC1NCc1ccccc1. The molecule has 0 bridgehead atoms. The number of aliphatic hydroxyl groups excluding tert-OH is 3. The largest absolute Gasteiger partial charge is 0.394 e. The van der Waals surface area contributed by atoms with E-state index in [-0.39, 0.29) is 12.6 Å². The molecule has 5 nitrogen and oxygen atoms in total. The van der Waals surface area contributed by atoms with Gasteiger partial charge in [0.25, 0.3) is 0 Å². The molecule has 1 aromatic rings. The Morgan fingerprint density at radius 2 is 1.94 bits per heavy atom. The third-order valence-corrected chi connectivity index (χ3v) is 3.18. The molecule has 1 aliphatic rings. The summed E-state index contributed by atoms with van der Waals surface area (Å²) in [6.45, 7) is 0.449. The number of benzene rings is 1. The van der Waals surface area contributed by atoms with Gasteiger partial charge in [0.05, 0.1) is 12.7 Å². The van der Waals surface area contributed by atoms with Gasteiger partial charge >= 0.3 is 0 Å². The molecule has 0 saturated carbocycles. The first-order chi connectivity index (χ1) is 8.70. The molecule has 100 valence electrons. The van der Waals surface area contributed by atoms with Crippen molar-refractivity contribution in [1.29, 1.82) is 0 Å². The smallest absolute Gasteiger partial charge is 0.181 e. The molecule has 4 atom stereocenters. The van der Waals surface area contributed by atoms with Crippen LogP contribution in [0.25, 0.3) is 0 Å². The van der Waals surface area contributed by atoms with Gasteiger partial charge < -0.3 is 25.4 Å². The molecule has 0 aliphatic carbocycles. The Labute approximate surface area is 106 Å². The highest BCUT2D eigenvalue weighted by Crippen LogP contribution is 2.19. The molecule has 1 fully saturated rings. The summed E-state index contributed by atoms with van der Waals surface area (Å²) < 4.78 is 5.14. The molecule has 1 aromatic carbocycles. The average molecular weight is 253 g/mol. The summed E-state index contributed by atoms with van der Waals surface area (Å²) in [5.41, 5.74) is 1.12. The van der Waals surface area contributed by atoms with Crippen LogP contribution in [0, 0.1) is 0 Å². The first-order valence-corrected chi connectivity index (χ1v) is 6.10. The van der Waals surface area contributed by atoms with Gasteiger partial charge in [0, 0.05) is 12.6 Å². The highest BCUT2D eigenvalue weighted by atomic mass is 16.6. The summed E-state index contributed by atoms with van der Waals surface area (Å²) in [5, 5.41) is 31.4. The van der Waals surface area contributed by atoms with Gasteiger partial charge in [-0.2, -0.15) is 0 Å². The lowest BCUT2D eigenvalue weighted by Gasteiger charge is -2.37. The Balaban J connectivity index is 1.91. The predicted molar refractivity (Wildman–Crippen MR) is 65.7 cm³/mol. The maximum Gasteiger partial charge on any atom is 0.181 e. The fraction of sp³-hybridized carbons (Fsp3) is 0.538. The van der Waals surface area contributed by atoms with E-state index in [0.29, 0.717) is 13.0 Å². The molecule has 4 N–H and O–H groups in total. The topological polar surface area (TPSA) is 82.0 Å².